The Morgan fingerprint density at radius 2 is 1.73 bits per heavy atom. The van der Waals surface area contributed by atoms with Gasteiger partial charge in [0.15, 0.2) is 0 Å². The summed E-state index contributed by atoms with van der Waals surface area (Å²) in [6.45, 7) is 1.98. The highest BCUT2D eigenvalue weighted by atomic mass is 35.5. The van der Waals surface area contributed by atoms with Gasteiger partial charge in [-0.25, -0.2) is 0 Å². The molecule has 0 aliphatic carbocycles. The number of nitrogens with one attached hydrogen (secondary N) is 2. The Hall–Kier alpha value is -0.800. The Kier molecular flexibility index (Phi) is 4.57. The van der Waals surface area contributed by atoms with E-state index in [2.05, 4.69) is 5.43 Å². The van der Waals surface area contributed by atoms with Gasteiger partial charge < -0.3 is 0 Å². The number of hydrogen-bond acceptors (Lipinski definition) is 2. The summed E-state index contributed by atoms with van der Waals surface area (Å²) < 4.78 is 11.4. The lowest BCUT2D eigenvalue weighted by Gasteiger charge is -1.99. The fourth-order valence-corrected chi connectivity index (χ4v) is 0.691. The van der Waals surface area contributed by atoms with Crippen LogP contribution >= 0.6 is 12.4 Å². The fraction of sp³-hybridized carbons (Fsp3) is 0.143. The van der Waals surface area contributed by atoms with Gasteiger partial charge in [0, 0.05) is 0 Å². The van der Waals surface area contributed by atoms with E-state index in [1.807, 2.05) is 19.1 Å². The third-order valence-electron chi connectivity index (χ3n) is 1.24. The molecule has 62 valence electrons. The quantitative estimate of drug-likeness (QED) is 0.534. The van der Waals surface area contributed by atoms with Gasteiger partial charge in [-0.15, -0.1) is 16.9 Å². The van der Waals surface area contributed by atoms with Gasteiger partial charge in [-0.1, -0.05) is 23.3 Å². The lowest BCUT2D eigenvalue weighted by atomic mass is 10.2. The van der Waals surface area contributed by atoms with Crippen molar-refractivity contribution in [1.82, 2.24) is 5.65 Å². The molecule has 0 atom stereocenters. The standard InChI is InChI=1S/C7H9FN2.ClH/c1-6-2-4-7(5-3-6)9-10-8;/h2-5,9-10H,1H3;1H. The molecule has 0 radical (unpaired) electrons. The van der Waals surface area contributed by atoms with Gasteiger partial charge in [-0.05, 0) is 19.1 Å². The zero-order valence-corrected chi connectivity index (χ0v) is 6.91. The summed E-state index contributed by atoms with van der Waals surface area (Å²) in [7, 11) is 0. The molecule has 0 saturated carbocycles. The maximum absolute atomic E-state index is 11.4. The normalized spacial score (nSPS) is 8.55. The molecule has 2 nitrogen and oxygen atoms in total. The van der Waals surface area contributed by atoms with Crippen molar-refractivity contribution in [2.45, 2.75) is 6.92 Å². The van der Waals surface area contributed by atoms with Crippen LogP contribution < -0.4 is 11.1 Å². The van der Waals surface area contributed by atoms with Gasteiger partial charge >= 0.3 is 0 Å². The van der Waals surface area contributed by atoms with Gasteiger partial charge in [0.25, 0.3) is 0 Å². The van der Waals surface area contributed by atoms with Crippen molar-refractivity contribution in [1.29, 1.82) is 0 Å². The SMILES string of the molecule is Cc1ccc(NNF)cc1.Cl. The monoisotopic (exact) mass is 176 g/mol. The van der Waals surface area contributed by atoms with E-state index < -0.39 is 0 Å². The molecule has 0 unspecified atom stereocenters. The molecular formula is C7H10ClFN2. The van der Waals surface area contributed by atoms with E-state index in [9.17, 15) is 4.48 Å². The number of rotatable bonds is 2. The molecule has 2 N–H and O–H groups in total. The van der Waals surface area contributed by atoms with Crippen LogP contribution in [0.3, 0.4) is 0 Å². The lowest BCUT2D eigenvalue weighted by Crippen LogP contribution is -2.09. The summed E-state index contributed by atoms with van der Waals surface area (Å²) in [6, 6.07) is 7.39. The Balaban J connectivity index is 0.000001000. The van der Waals surface area contributed by atoms with Crippen molar-refractivity contribution >= 4 is 18.1 Å². The van der Waals surface area contributed by atoms with E-state index in [-0.39, 0.29) is 12.4 Å². The smallest absolute Gasteiger partial charge is 0.0512 e. The number of hydrazine groups is 1. The van der Waals surface area contributed by atoms with E-state index in [1.165, 1.54) is 5.65 Å². The van der Waals surface area contributed by atoms with Crippen LogP contribution in [0.2, 0.25) is 0 Å². The summed E-state index contributed by atoms with van der Waals surface area (Å²) in [5, 5.41) is 0. The molecule has 0 heterocycles. The van der Waals surface area contributed by atoms with Gasteiger partial charge in [0.05, 0.1) is 5.69 Å². The van der Waals surface area contributed by atoms with Gasteiger partial charge in [-0.2, -0.15) is 0 Å². The minimum Gasteiger partial charge on any atom is -0.295 e. The summed E-state index contributed by atoms with van der Waals surface area (Å²) >= 11 is 0. The summed E-state index contributed by atoms with van der Waals surface area (Å²) in [6.07, 6.45) is 0. The summed E-state index contributed by atoms with van der Waals surface area (Å²) in [5.74, 6) is 0. The second-order valence-electron chi connectivity index (χ2n) is 2.09. The van der Waals surface area contributed by atoms with Crippen LogP contribution in [0.25, 0.3) is 0 Å². The van der Waals surface area contributed by atoms with Gasteiger partial charge in [0.2, 0.25) is 0 Å². The number of anilines is 1. The van der Waals surface area contributed by atoms with Crippen LogP contribution in [0.15, 0.2) is 24.3 Å². The summed E-state index contributed by atoms with van der Waals surface area (Å²) in [4.78, 5) is 0. The van der Waals surface area contributed by atoms with Crippen molar-refractivity contribution in [3.63, 3.8) is 0 Å². The second-order valence-corrected chi connectivity index (χ2v) is 2.09. The third kappa shape index (κ3) is 3.20. The fourth-order valence-electron chi connectivity index (χ4n) is 0.691. The molecule has 0 aliphatic rings. The predicted octanol–water partition coefficient (Wildman–Crippen LogP) is 2.22. The van der Waals surface area contributed by atoms with Crippen molar-refractivity contribution in [2.24, 2.45) is 0 Å². The Morgan fingerprint density at radius 3 is 2.18 bits per heavy atom. The van der Waals surface area contributed by atoms with Crippen molar-refractivity contribution in [3.05, 3.63) is 29.8 Å². The van der Waals surface area contributed by atoms with Crippen LogP contribution in [-0.2, 0) is 0 Å². The van der Waals surface area contributed by atoms with Gasteiger partial charge in [0.1, 0.15) is 0 Å². The van der Waals surface area contributed by atoms with Crippen LogP contribution in [0.5, 0.6) is 0 Å². The third-order valence-corrected chi connectivity index (χ3v) is 1.24. The van der Waals surface area contributed by atoms with Crippen molar-refractivity contribution in [3.8, 4) is 0 Å². The largest absolute Gasteiger partial charge is 0.295 e. The maximum atomic E-state index is 11.4. The lowest BCUT2D eigenvalue weighted by molar-refractivity contribution is 0.376. The zero-order chi connectivity index (χ0) is 7.40. The van der Waals surface area contributed by atoms with E-state index >= 15 is 0 Å². The van der Waals surface area contributed by atoms with Crippen LogP contribution in [0.4, 0.5) is 10.2 Å². The minimum atomic E-state index is 0. The van der Waals surface area contributed by atoms with E-state index in [4.69, 9.17) is 0 Å². The second kappa shape index (κ2) is 4.93. The van der Waals surface area contributed by atoms with E-state index in [0.29, 0.717) is 5.69 Å². The van der Waals surface area contributed by atoms with Crippen LogP contribution in [0, 0.1) is 6.92 Å². The summed E-state index contributed by atoms with van der Waals surface area (Å²) in [5.41, 5.74) is 5.54. The number of benzene rings is 1. The molecule has 1 rings (SSSR count). The maximum Gasteiger partial charge on any atom is 0.0512 e. The molecular weight excluding hydrogens is 167 g/mol. The highest BCUT2D eigenvalue weighted by Gasteiger charge is 1.86. The van der Waals surface area contributed by atoms with Crippen LogP contribution in [-0.4, -0.2) is 0 Å². The zero-order valence-electron chi connectivity index (χ0n) is 6.10. The molecule has 1 aromatic carbocycles. The minimum absolute atomic E-state index is 0. The molecule has 0 fully saturated rings. The number of halogens is 2. The Morgan fingerprint density at radius 1 is 1.18 bits per heavy atom. The van der Waals surface area contributed by atoms with Crippen molar-refractivity contribution in [2.75, 3.05) is 5.43 Å². The molecule has 0 saturated heterocycles. The topological polar surface area (TPSA) is 24.1 Å². The Labute approximate surface area is 71.1 Å². The molecule has 0 aliphatic heterocycles. The molecule has 1 aromatic rings. The first kappa shape index (κ1) is 10.2. The van der Waals surface area contributed by atoms with Crippen LogP contribution in [0.1, 0.15) is 5.56 Å². The molecule has 0 bridgehead atoms. The molecule has 4 heteroatoms. The molecule has 0 spiro atoms. The average Bonchev–Trinajstić information content (AvgIpc) is 1.95. The predicted molar refractivity (Wildman–Crippen MR) is 46.3 cm³/mol. The highest BCUT2D eigenvalue weighted by molar-refractivity contribution is 5.85. The van der Waals surface area contributed by atoms with E-state index in [1.54, 1.807) is 12.1 Å². The first-order valence-corrected chi connectivity index (χ1v) is 3.01. The highest BCUT2D eigenvalue weighted by Crippen LogP contribution is 2.06. The molecule has 0 amide bonds. The Bertz CT molecular complexity index is 200. The molecule has 11 heavy (non-hydrogen) atoms. The van der Waals surface area contributed by atoms with E-state index in [0.717, 1.165) is 5.56 Å². The molecule has 0 aromatic heterocycles. The number of hydrogen-bond donors (Lipinski definition) is 2. The number of aryl methyl sites for hydroxylation is 1. The first-order chi connectivity index (χ1) is 4.83. The van der Waals surface area contributed by atoms with Gasteiger partial charge in [-0.3, -0.25) is 5.43 Å². The average molecular weight is 177 g/mol. The first-order valence-electron chi connectivity index (χ1n) is 3.01. The van der Waals surface area contributed by atoms with Crippen molar-refractivity contribution < 1.29 is 4.48 Å².